The Morgan fingerprint density at radius 1 is 0.886 bits per heavy atom. The van der Waals surface area contributed by atoms with E-state index in [2.05, 4.69) is 42.3 Å². The van der Waals surface area contributed by atoms with Crippen LogP contribution in [0.2, 0.25) is 0 Å². The molecule has 0 bridgehead atoms. The Morgan fingerprint density at radius 3 is 2.37 bits per heavy atom. The van der Waals surface area contributed by atoms with E-state index >= 15 is 0 Å². The van der Waals surface area contributed by atoms with Crippen LogP contribution in [0.5, 0.6) is 11.5 Å². The van der Waals surface area contributed by atoms with E-state index in [-0.39, 0.29) is 18.2 Å². The monoisotopic (exact) mass is 460 g/mol. The fraction of sp³-hybridized carbons (Fsp3) is 0.133. The highest BCUT2D eigenvalue weighted by Crippen LogP contribution is 2.47. The molecule has 0 spiro atoms. The number of nitrogens with zero attached hydrogens (tertiary/aromatic N) is 2. The molecule has 0 N–H and O–H groups in total. The van der Waals surface area contributed by atoms with Gasteiger partial charge in [0.05, 0.1) is 17.3 Å². The quantitative estimate of drug-likeness (QED) is 0.259. The van der Waals surface area contributed by atoms with E-state index < -0.39 is 0 Å². The van der Waals surface area contributed by atoms with Crippen LogP contribution in [0.4, 0.5) is 0 Å². The van der Waals surface area contributed by atoms with E-state index in [0.717, 1.165) is 34.6 Å². The summed E-state index contributed by atoms with van der Waals surface area (Å²) >= 11 is 0. The predicted octanol–water partition coefficient (Wildman–Crippen LogP) is 6.46. The predicted molar refractivity (Wildman–Crippen MR) is 135 cm³/mol. The molecule has 6 rings (SSSR count). The Hall–Kier alpha value is -4.38. The first-order valence-electron chi connectivity index (χ1n) is 11.7. The number of aryl methyl sites for hydroxylation is 1. The van der Waals surface area contributed by atoms with E-state index in [4.69, 9.17) is 14.6 Å². The van der Waals surface area contributed by atoms with Gasteiger partial charge >= 0.3 is 5.97 Å². The van der Waals surface area contributed by atoms with Gasteiger partial charge in [-0.2, -0.15) is 5.10 Å². The summed E-state index contributed by atoms with van der Waals surface area (Å²) in [5.74, 6) is 0.979. The van der Waals surface area contributed by atoms with Crippen molar-refractivity contribution in [1.82, 2.24) is 5.01 Å². The lowest BCUT2D eigenvalue weighted by molar-refractivity contribution is -0.0190. The average Bonchev–Trinajstić information content (AvgIpc) is 3.35. The van der Waals surface area contributed by atoms with Crippen molar-refractivity contribution in [2.24, 2.45) is 5.10 Å². The fourth-order valence-electron chi connectivity index (χ4n) is 4.62. The molecule has 0 radical (unpaired) electrons. The molecule has 4 aromatic carbocycles. The molecule has 0 amide bonds. The Labute approximate surface area is 204 Å². The first-order chi connectivity index (χ1) is 17.2. The molecular weight excluding hydrogens is 436 g/mol. The number of para-hydroxylation sites is 1. The maximum Gasteiger partial charge on any atom is 0.343 e. The van der Waals surface area contributed by atoms with Crippen molar-refractivity contribution < 1.29 is 14.3 Å². The van der Waals surface area contributed by atoms with E-state index in [1.165, 1.54) is 5.56 Å². The van der Waals surface area contributed by atoms with Gasteiger partial charge in [-0.05, 0) is 55.0 Å². The lowest BCUT2D eigenvalue weighted by Crippen LogP contribution is -2.33. The van der Waals surface area contributed by atoms with Gasteiger partial charge in [-0.3, -0.25) is 0 Å². The van der Waals surface area contributed by atoms with Gasteiger partial charge in [-0.25, -0.2) is 9.80 Å². The minimum absolute atomic E-state index is 0.0943. The molecular formula is C30H24N2O3. The van der Waals surface area contributed by atoms with Crippen molar-refractivity contribution in [2.45, 2.75) is 25.6 Å². The van der Waals surface area contributed by atoms with Crippen LogP contribution in [0.25, 0.3) is 0 Å². The summed E-state index contributed by atoms with van der Waals surface area (Å²) in [6.45, 7) is 2.09. The minimum Gasteiger partial charge on any atom is -0.464 e. The smallest absolute Gasteiger partial charge is 0.343 e. The van der Waals surface area contributed by atoms with Crippen molar-refractivity contribution in [1.29, 1.82) is 0 Å². The first-order valence-corrected chi connectivity index (χ1v) is 11.7. The second-order valence-electron chi connectivity index (χ2n) is 8.85. The van der Waals surface area contributed by atoms with Gasteiger partial charge in [0, 0.05) is 17.5 Å². The van der Waals surface area contributed by atoms with E-state index in [0.29, 0.717) is 11.3 Å². The fourth-order valence-corrected chi connectivity index (χ4v) is 4.62. The summed E-state index contributed by atoms with van der Waals surface area (Å²) in [5, 5.41) is 7.07. The van der Waals surface area contributed by atoms with E-state index in [1.54, 1.807) is 24.3 Å². The van der Waals surface area contributed by atoms with Crippen molar-refractivity contribution in [3.63, 3.8) is 0 Å². The van der Waals surface area contributed by atoms with Crippen LogP contribution in [-0.2, 0) is 0 Å². The van der Waals surface area contributed by atoms with E-state index in [9.17, 15) is 4.79 Å². The summed E-state index contributed by atoms with van der Waals surface area (Å²) in [6.07, 6.45) is 0.434. The maximum atomic E-state index is 12.4. The van der Waals surface area contributed by atoms with Gasteiger partial charge in [0.15, 0.2) is 0 Å². The molecule has 2 heterocycles. The number of carbonyl (C=O) groups excluding carboxylic acids is 1. The number of carbonyl (C=O) groups is 1. The molecule has 0 unspecified atom stereocenters. The average molecular weight is 461 g/mol. The SMILES string of the molecule is Cc1ccc(C2=NN3[C@H](C2)c2ccccc2O[C@H]3c2ccc(OC(=O)c3ccccc3)cc2)cc1. The normalized spacial score (nSPS) is 18.2. The molecule has 2 aliphatic heterocycles. The highest BCUT2D eigenvalue weighted by atomic mass is 16.5. The lowest BCUT2D eigenvalue weighted by atomic mass is 9.95. The Kier molecular flexibility index (Phi) is 5.30. The zero-order valence-electron chi connectivity index (χ0n) is 19.3. The van der Waals surface area contributed by atoms with Crippen molar-refractivity contribution in [2.75, 3.05) is 0 Å². The van der Waals surface area contributed by atoms with Gasteiger partial charge < -0.3 is 9.47 Å². The molecule has 35 heavy (non-hydrogen) atoms. The molecule has 172 valence electrons. The standard InChI is InChI=1S/C30H24N2O3/c1-20-11-13-21(14-12-20)26-19-27-25-9-5-6-10-28(25)35-29(32(27)31-26)22-15-17-24(18-16-22)34-30(33)23-7-3-2-4-8-23/h2-18,27,29H,19H2,1H3/t27-,29+/m1/s1. The number of hydrazone groups is 1. The zero-order valence-corrected chi connectivity index (χ0v) is 19.3. The van der Waals surface area contributed by atoms with Crippen LogP contribution in [-0.4, -0.2) is 16.7 Å². The number of benzene rings is 4. The van der Waals surface area contributed by atoms with Crippen LogP contribution in [0.15, 0.2) is 108 Å². The van der Waals surface area contributed by atoms with Gasteiger partial charge in [0.2, 0.25) is 6.23 Å². The first kappa shape index (κ1) is 21.2. The van der Waals surface area contributed by atoms with Crippen LogP contribution in [0, 0.1) is 6.92 Å². The summed E-state index contributed by atoms with van der Waals surface area (Å²) < 4.78 is 12.0. The topological polar surface area (TPSA) is 51.1 Å². The molecule has 2 aliphatic rings. The molecule has 2 atom stereocenters. The van der Waals surface area contributed by atoms with Crippen molar-refractivity contribution in [3.05, 3.63) is 131 Å². The van der Waals surface area contributed by atoms with Gasteiger partial charge in [0.25, 0.3) is 0 Å². The van der Waals surface area contributed by atoms with Crippen molar-refractivity contribution in [3.8, 4) is 11.5 Å². The molecule has 0 aliphatic carbocycles. The second-order valence-corrected chi connectivity index (χ2v) is 8.85. The third-order valence-corrected chi connectivity index (χ3v) is 6.47. The maximum absolute atomic E-state index is 12.4. The number of ether oxygens (including phenoxy) is 2. The molecule has 5 nitrogen and oxygen atoms in total. The highest BCUT2D eigenvalue weighted by molar-refractivity contribution is 6.02. The van der Waals surface area contributed by atoms with E-state index in [1.807, 2.05) is 48.5 Å². The molecule has 0 aromatic heterocycles. The van der Waals surface area contributed by atoms with Crippen LogP contribution < -0.4 is 9.47 Å². The lowest BCUT2D eigenvalue weighted by Gasteiger charge is -2.38. The zero-order chi connectivity index (χ0) is 23.8. The molecule has 0 fully saturated rings. The largest absolute Gasteiger partial charge is 0.464 e. The number of rotatable bonds is 4. The van der Waals surface area contributed by atoms with Crippen LogP contribution in [0.3, 0.4) is 0 Å². The highest BCUT2D eigenvalue weighted by Gasteiger charge is 2.40. The Morgan fingerprint density at radius 2 is 1.60 bits per heavy atom. The summed E-state index contributed by atoms with van der Waals surface area (Å²) in [5.41, 5.74) is 6.01. The molecule has 0 saturated carbocycles. The van der Waals surface area contributed by atoms with Crippen molar-refractivity contribution >= 4 is 11.7 Å². The third-order valence-electron chi connectivity index (χ3n) is 6.47. The molecule has 4 aromatic rings. The number of esters is 1. The number of fused-ring (bicyclic) bond motifs is 3. The molecule has 5 heteroatoms. The number of hydrogen-bond acceptors (Lipinski definition) is 5. The summed E-state index contributed by atoms with van der Waals surface area (Å²) in [6, 6.07) is 33.2. The summed E-state index contributed by atoms with van der Waals surface area (Å²) in [7, 11) is 0. The van der Waals surface area contributed by atoms with Crippen LogP contribution >= 0.6 is 0 Å². The van der Waals surface area contributed by atoms with Crippen LogP contribution in [0.1, 0.15) is 51.3 Å². The third kappa shape index (κ3) is 4.06. The minimum atomic E-state index is -0.381. The van der Waals surface area contributed by atoms with Gasteiger partial charge in [-0.15, -0.1) is 0 Å². The number of hydrogen-bond donors (Lipinski definition) is 0. The Bertz CT molecular complexity index is 1400. The second kappa shape index (κ2) is 8.76. The molecule has 0 saturated heterocycles. The Balaban J connectivity index is 1.29. The van der Waals surface area contributed by atoms with Gasteiger partial charge in [0.1, 0.15) is 11.5 Å². The summed E-state index contributed by atoms with van der Waals surface area (Å²) in [4.78, 5) is 12.4. The van der Waals surface area contributed by atoms with Gasteiger partial charge in [-0.1, -0.05) is 66.2 Å².